The third kappa shape index (κ3) is 3.05. The molecule has 0 saturated carbocycles. The molecule has 0 unspecified atom stereocenters. The van der Waals surface area contributed by atoms with Gasteiger partial charge in [0.25, 0.3) is 0 Å². The molecule has 4 rings (SSSR count). The van der Waals surface area contributed by atoms with E-state index < -0.39 is 0 Å². The highest BCUT2D eigenvalue weighted by atomic mass is 15.3. The van der Waals surface area contributed by atoms with Gasteiger partial charge in [-0.05, 0) is 36.8 Å². The molecule has 0 bridgehead atoms. The topological polar surface area (TPSA) is 48.1 Å². The summed E-state index contributed by atoms with van der Waals surface area (Å²) in [4.78, 5) is 17.4. The molecule has 0 spiro atoms. The van der Waals surface area contributed by atoms with Crippen molar-refractivity contribution in [2.45, 2.75) is 13.5 Å². The number of aryl methyl sites for hydroxylation is 1. The van der Waals surface area contributed by atoms with Gasteiger partial charge in [0.05, 0.1) is 17.6 Å². The van der Waals surface area contributed by atoms with Crippen molar-refractivity contribution in [3.63, 3.8) is 0 Å². The number of hydrogen-bond donors (Lipinski definition) is 1. The van der Waals surface area contributed by atoms with Gasteiger partial charge < -0.3 is 9.88 Å². The van der Waals surface area contributed by atoms with Gasteiger partial charge in [-0.2, -0.15) is 0 Å². The number of rotatable bonds is 3. The summed E-state index contributed by atoms with van der Waals surface area (Å²) in [5, 5.41) is 0. The zero-order chi connectivity index (χ0) is 15.6. The van der Waals surface area contributed by atoms with Gasteiger partial charge in [0.2, 0.25) is 0 Å². The van der Waals surface area contributed by atoms with Crippen LogP contribution in [-0.2, 0) is 6.54 Å². The lowest BCUT2D eigenvalue weighted by atomic mass is 10.2. The van der Waals surface area contributed by atoms with Crippen LogP contribution in [0.2, 0.25) is 0 Å². The smallest absolute Gasteiger partial charge is 0.128 e. The van der Waals surface area contributed by atoms with E-state index in [1.807, 2.05) is 24.4 Å². The fraction of sp³-hybridized carbons (Fsp3) is 0.333. The fourth-order valence-electron chi connectivity index (χ4n) is 3.12. The van der Waals surface area contributed by atoms with Crippen LogP contribution < -0.4 is 4.90 Å². The Morgan fingerprint density at radius 1 is 1.09 bits per heavy atom. The number of anilines is 1. The van der Waals surface area contributed by atoms with E-state index in [1.54, 1.807) is 0 Å². The number of piperazine rings is 1. The Balaban J connectivity index is 1.39. The Kier molecular flexibility index (Phi) is 3.71. The zero-order valence-corrected chi connectivity index (χ0v) is 13.4. The summed E-state index contributed by atoms with van der Waals surface area (Å²) in [5.41, 5.74) is 3.43. The number of para-hydroxylation sites is 2. The molecule has 1 aliphatic rings. The molecule has 5 heteroatoms. The van der Waals surface area contributed by atoms with Gasteiger partial charge >= 0.3 is 0 Å². The summed E-state index contributed by atoms with van der Waals surface area (Å²) >= 11 is 0. The van der Waals surface area contributed by atoms with Crippen LogP contribution in [0.15, 0.2) is 42.6 Å². The first kappa shape index (κ1) is 14.2. The number of benzene rings is 1. The SMILES string of the molecule is Cc1ccnc(N2CCN(Cc3nc4ccccc4[nH]3)CC2)c1. The van der Waals surface area contributed by atoms with E-state index >= 15 is 0 Å². The Morgan fingerprint density at radius 3 is 2.70 bits per heavy atom. The van der Waals surface area contributed by atoms with Gasteiger partial charge in [0, 0.05) is 32.4 Å². The molecule has 1 saturated heterocycles. The number of nitrogens with one attached hydrogen (secondary N) is 1. The van der Waals surface area contributed by atoms with E-state index in [2.05, 4.69) is 49.9 Å². The molecule has 2 aromatic heterocycles. The van der Waals surface area contributed by atoms with E-state index in [0.29, 0.717) is 0 Å². The molecular formula is C18H21N5. The lowest BCUT2D eigenvalue weighted by Crippen LogP contribution is -2.46. The van der Waals surface area contributed by atoms with Crippen molar-refractivity contribution in [1.29, 1.82) is 0 Å². The maximum Gasteiger partial charge on any atom is 0.128 e. The Labute approximate surface area is 136 Å². The maximum atomic E-state index is 4.67. The largest absolute Gasteiger partial charge is 0.354 e. The summed E-state index contributed by atoms with van der Waals surface area (Å²) in [7, 11) is 0. The van der Waals surface area contributed by atoms with E-state index in [1.165, 1.54) is 5.56 Å². The predicted octanol–water partition coefficient (Wildman–Crippen LogP) is 2.59. The number of aromatic amines is 1. The van der Waals surface area contributed by atoms with Crippen molar-refractivity contribution in [3.05, 3.63) is 54.0 Å². The van der Waals surface area contributed by atoms with Crippen LogP contribution in [-0.4, -0.2) is 46.0 Å². The van der Waals surface area contributed by atoms with Crippen molar-refractivity contribution in [2.75, 3.05) is 31.1 Å². The minimum absolute atomic E-state index is 0.879. The molecule has 0 amide bonds. The molecule has 118 valence electrons. The van der Waals surface area contributed by atoms with E-state index in [4.69, 9.17) is 0 Å². The van der Waals surface area contributed by atoms with Gasteiger partial charge in [-0.25, -0.2) is 9.97 Å². The van der Waals surface area contributed by atoms with Crippen LogP contribution in [0.1, 0.15) is 11.4 Å². The van der Waals surface area contributed by atoms with Crippen molar-refractivity contribution in [3.8, 4) is 0 Å². The Hall–Kier alpha value is -2.40. The lowest BCUT2D eigenvalue weighted by Gasteiger charge is -2.35. The highest BCUT2D eigenvalue weighted by Gasteiger charge is 2.19. The van der Waals surface area contributed by atoms with Crippen LogP contribution in [0, 0.1) is 6.92 Å². The minimum atomic E-state index is 0.879. The van der Waals surface area contributed by atoms with Gasteiger partial charge in [-0.15, -0.1) is 0 Å². The summed E-state index contributed by atoms with van der Waals surface area (Å²) < 4.78 is 0. The first-order valence-electron chi connectivity index (χ1n) is 8.11. The van der Waals surface area contributed by atoms with Gasteiger partial charge in [0.1, 0.15) is 11.6 Å². The second-order valence-electron chi connectivity index (χ2n) is 6.16. The summed E-state index contributed by atoms with van der Waals surface area (Å²) in [5.74, 6) is 2.14. The molecule has 3 heterocycles. The van der Waals surface area contributed by atoms with E-state index in [9.17, 15) is 0 Å². The average molecular weight is 307 g/mol. The number of nitrogens with zero attached hydrogens (tertiary/aromatic N) is 4. The Bertz CT molecular complexity index is 769. The molecule has 1 N–H and O–H groups in total. The summed E-state index contributed by atoms with van der Waals surface area (Å²) in [6, 6.07) is 12.4. The zero-order valence-electron chi connectivity index (χ0n) is 13.4. The van der Waals surface area contributed by atoms with Crippen LogP contribution in [0.4, 0.5) is 5.82 Å². The first-order valence-corrected chi connectivity index (χ1v) is 8.11. The van der Waals surface area contributed by atoms with Crippen molar-refractivity contribution in [2.24, 2.45) is 0 Å². The van der Waals surface area contributed by atoms with Gasteiger partial charge in [-0.1, -0.05) is 12.1 Å². The highest BCUT2D eigenvalue weighted by molar-refractivity contribution is 5.74. The predicted molar refractivity (Wildman–Crippen MR) is 92.6 cm³/mol. The van der Waals surface area contributed by atoms with Crippen molar-refractivity contribution >= 4 is 16.9 Å². The minimum Gasteiger partial charge on any atom is -0.354 e. The fourth-order valence-corrected chi connectivity index (χ4v) is 3.12. The number of imidazole rings is 1. The molecule has 0 atom stereocenters. The van der Waals surface area contributed by atoms with Gasteiger partial charge in [-0.3, -0.25) is 4.90 Å². The monoisotopic (exact) mass is 307 g/mol. The molecule has 1 fully saturated rings. The van der Waals surface area contributed by atoms with E-state index in [0.717, 1.165) is 55.4 Å². The molecule has 0 aliphatic carbocycles. The summed E-state index contributed by atoms with van der Waals surface area (Å²) in [6.45, 7) is 7.08. The van der Waals surface area contributed by atoms with Gasteiger partial charge in [0.15, 0.2) is 0 Å². The molecule has 1 aromatic carbocycles. The standard InChI is InChI=1S/C18H21N5/c1-14-6-7-19-18(12-14)23-10-8-22(9-11-23)13-17-20-15-4-2-3-5-16(15)21-17/h2-7,12H,8-11,13H2,1H3,(H,20,21). The number of pyridine rings is 1. The van der Waals surface area contributed by atoms with Crippen LogP contribution in [0.3, 0.4) is 0 Å². The van der Waals surface area contributed by atoms with E-state index in [-0.39, 0.29) is 0 Å². The second kappa shape index (κ2) is 6.01. The Morgan fingerprint density at radius 2 is 1.91 bits per heavy atom. The first-order chi connectivity index (χ1) is 11.3. The maximum absolute atomic E-state index is 4.67. The van der Waals surface area contributed by atoms with Crippen LogP contribution >= 0.6 is 0 Å². The molecule has 0 radical (unpaired) electrons. The molecule has 1 aliphatic heterocycles. The number of fused-ring (bicyclic) bond motifs is 1. The molecular weight excluding hydrogens is 286 g/mol. The molecule has 5 nitrogen and oxygen atoms in total. The lowest BCUT2D eigenvalue weighted by molar-refractivity contribution is 0.244. The summed E-state index contributed by atoms with van der Waals surface area (Å²) in [6.07, 6.45) is 1.89. The van der Waals surface area contributed by atoms with Crippen molar-refractivity contribution in [1.82, 2.24) is 19.9 Å². The third-order valence-electron chi connectivity index (χ3n) is 4.41. The number of H-pyrrole nitrogens is 1. The van der Waals surface area contributed by atoms with Crippen LogP contribution in [0.25, 0.3) is 11.0 Å². The molecule has 23 heavy (non-hydrogen) atoms. The van der Waals surface area contributed by atoms with Crippen LogP contribution in [0.5, 0.6) is 0 Å². The quantitative estimate of drug-likeness (QED) is 0.808. The van der Waals surface area contributed by atoms with Crippen molar-refractivity contribution < 1.29 is 0 Å². The molecule has 3 aromatic rings. The second-order valence-corrected chi connectivity index (χ2v) is 6.16. The third-order valence-corrected chi connectivity index (χ3v) is 4.41. The average Bonchev–Trinajstić information content (AvgIpc) is 2.98. The highest BCUT2D eigenvalue weighted by Crippen LogP contribution is 2.16. The normalized spacial score (nSPS) is 16.1. The number of aromatic nitrogens is 3. The number of hydrogen-bond acceptors (Lipinski definition) is 4.